The van der Waals surface area contributed by atoms with Gasteiger partial charge in [0.05, 0.1) is 10.4 Å². The Morgan fingerprint density at radius 2 is 1.66 bits per heavy atom. The number of halogens is 1. The predicted octanol–water partition coefficient (Wildman–Crippen LogP) is 4.57. The Kier molecular flexibility index (Phi) is 4.31. The van der Waals surface area contributed by atoms with E-state index in [4.69, 9.17) is 4.98 Å². The second-order valence-corrected chi connectivity index (χ2v) is 10.4. The molecule has 7 nitrogen and oxygen atoms in total. The molecule has 3 aromatic carbocycles. The molecule has 0 N–H and O–H groups in total. The van der Waals surface area contributed by atoms with E-state index in [9.17, 15) is 8.42 Å². The molecule has 0 aliphatic carbocycles. The summed E-state index contributed by atoms with van der Waals surface area (Å²) in [6, 6.07) is 22.4. The lowest BCUT2D eigenvalue weighted by atomic mass is 10.2. The lowest BCUT2D eigenvalue weighted by molar-refractivity contribution is 0.592. The maximum absolute atomic E-state index is 13.4. The summed E-state index contributed by atoms with van der Waals surface area (Å²) in [6.45, 7) is 0.767. The summed E-state index contributed by atoms with van der Waals surface area (Å²) in [5.41, 5.74) is 3.29. The second-order valence-electron chi connectivity index (χ2n) is 7.57. The number of sulfone groups is 1. The first-order valence-electron chi connectivity index (χ1n) is 10.0. The van der Waals surface area contributed by atoms with Crippen molar-refractivity contribution in [2.24, 2.45) is 0 Å². The van der Waals surface area contributed by atoms with Crippen molar-refractivity contribution in [3.8, 4) is 0 Å². The van der Waals surface area contributed by atoms with E-state index in [1.54, 1.807) is 24.3 Å². The average molecular weight is 506 g/mol. The Labute approximate surface area is 192 Å². The van der Waals surface area contributed by atoms with E-state index in [2.05, 4.69) is 43.3 Å². The van der Waals surface area contributed by atoms with Crippen molar-refractivity contribution in [1.29, 1.82) is 0 Å². The van der Waals surface area contributed by atoms with Gasteiger partial charge in [-0.1, -0.05) is 51.5 Å². The van der Waals surface area contributed by atoms with Crippen LogP contribution in [-0.2, 0) is 16.3 Å². The van der Waals surface area contributed by atoms with Crippen molar-refractivity contribution in [2.75, 3.05) is 11.4 Å². The van der Waals surface area contributed by atoms with Gasteiger partial charge in [-0.15, -0.1) is 5.10 Å². The van der Waals surface area contributed by atoms with Crippen LogP contribution in [0.5, 0.6) is 0 Å². The van der Waals surface area contributed by atoms with Gasteiger partial charge in [0.2, 0.25) is 14.9 Å². The van der Waals surface area contributed by atoms with Gasteiger partial charge in [-0.2, -0.15) is 4.52 Å². The molecule has 6 rings (SSSR count). The number of para-hydroxylation sites is 2. The minimum absolute atomic E-state index is 0.145. The molecule has 0 saturated carbocycles. The van der Waals surface area contributed by atoms with Crippen LogP contribution in [0.1, 0.15) is 5.56 Å². The van der Waals surface area contributed by atoms with Gasteiger partial charge >= 0.3 is 0 Å². The Balaban J connectivity index is 1.62. The summed E-state index contributed by atoms with van der Waals surface area (Å²) in [5.74, 6) is 0.701. The van der Waals surface area contributed by atoms with Crippen LogP contribution in [0, 0.1) is 0 Å². The molecule has 1 aliphatic rings. The molecule has 0 fully saturated rings. The first-order valence-corrected chi connectivity index (χ1v) is 12.3. The largest absolute Gasteiger partial charge is 0.325 e. The summed E-state index contributed by atoms with van der Waals surface area (Å²) in [5, 5.41) is 8.96. The maximum Gasteiger partial charge on any atom is 0.229 e. The summed E-state index contributed by atoms with van der Waals surface area (Å²) < 4.78 is 29.1. The van der Waals surface area contributed by atoms with E-state index < -0.39 is 9.84 Å². The van der Waals surface area contributed by atoms with E-state index in [-0.39, 0.29) is 15.6 Å². The lowest BCUT2D eigenvalue weighted by Gasteiger charge is -2.20. The molecular formula is C23H16BrN5O2S. The first-order chi connectivity index (χ1) is 15.5. The van der Waals surface area contributed by atoms with Gasteiger partial charge in [0.15, 0.2) is 5.65 Å². The smallest absolute Gasteiger partial charge is 0.229 e. The van der Waals surface area contributed by atoms with Crippen molar-refractivity contribution >= 4 is 53.8 Å². The number of anilines is 2. The fourth-order valence-electron chi connectivity index (χ4n) is 4.19. The van der Waals surface area contributed by atoms with Crippen molar-refractivity contribution in [3.63, 3.8) is 0 Å². The van der Waals surface area contributed by atoms with Crippen molar-refractivity contribution in [2.45, 2.75) is 16.3 Å². The van der Waals surface area contributed by atoms with Crippen LogP contribution in [-0.4, -0.2) is 34.8 Å². The highest BCUT2D eigenvalue weighted by Crippen LogP contribution is 2.38. The third kappa shape index (κ3) is 2.85. The highest BCUT2D eigenvalue weighted by Gasteiger charge is 2.29. The number of aromatic nitrogens is 4. The molecule has 5 aromatic rings. The molecule has 0 spiro atoms. The fourth-order valence-corrected chi connectivity index (χ4v) is 5.69. The molecule has 32 heavy (non-hydrogen) atoms. The molecule has 3 heterocycles. The second kappa shape index (κ2) is 7.11. The molecule has 0 atom stereocenters. The third-order valence-corrected chi connectivity index (χ3v) is 7.92. The first kappa shape index (κ1) is 19.4. The van der Waals surface area contributed by atoms with Crippen LogP contribution in [0.2, 0.25) is 0 Å². The van der Waals surface area contributed by atoms with Gasteiger partial charge in [-0.25, -0.2) is 13.4 Å². The summed E-state index contributed by atoms with van der Waals surface area (Å²) in [4.78, 5) is 7.11. The number of rotatable bonds is 3. The molecule has 1 aliphatic heterocycles. The molecule has 158 valence electrons. The average Bonchev–Trinajstić information content (AvgIpc) is 3.44. The van der Waals surface area contributed by atoms with Gasteiger partial charge in [0, 0.05) is 22.1 Å². The van der Waals surface area contributed by atoms with Crippen LogP contribution in [0.15, 0.2) is 87.2 Å². The maximum atomic E-state index is 13.4. The quantitative estimate of drug-likeness (QED) is 0.357. The van der Waals surface area contributed by atoms with Crippen LogP contribution in [0.4, 0.5) is 11.5 Å². The summed E-state index contributed by atoms with van der Waals surface area (Å²) in [7, 11) is -3.90. The SMILES string of the molecule is O=S(=O)(c1ccc(Br)cc1)c1nnn2c1nc(N1CCc3ccccc31)c1ccccc12. The molecule has 0 amide bonds. The highest BCUT2D eigenvalue weighted by atomic mass is 79.9. The zero-order chi connectivity index (χ0) is 21.9. The van der Waals surface area contributed by atoms with Gasteiger partial charge < -0.3 is 4.90 Å². The fraction of sp³-hybridized carbons (Fsp3) is 0.0870. The lowest BCUT2D eigenvalue weighted by Crippen LogP contribution is -2.16. The standard InChI is InChI=1S/C23H16BrN5O2S/c24-16-9-11-17(12-10-16)32(30,31)23-22-25-21(28-14-13-15-5-1-3-7-19(15)28)18-6-2-4-8-20(18)29(22)27-26-23/h1-12H,13-14H2. The molecule has 9 heteroatoms. The predicted molar refractivity (Wildman–Crippen MR) is 125 cm³/mol. The molecule has 0 bridgehead atoms. The number of nitrogens with zero attached hydrogens (tertiary/aromatic N) is 5. The number of fused-ring (bicyclic) bond motifs is 4. The molecule has 0 unspecified atom stereocenters. The number of hydrogen-bond acceptors (Lipinski definition) is 6. The zero-order valence-electron chi connectivity index (χ0n) is 16.7. The van der Waals surface area contributed by atoms with Gasteiger partial charge in [-0.05, 0) is 54.4 Å². The Morgan fingerprint density at radius 3 is 2.50 bits per heavy atom. The van der Waals surface area contributed by atoms with Crippen LogP contribution < -0.4 is 4.90 Å². The van der Waals surface area contributed by atoms with E-state index in [0.29, 0.717) is 5.82 Å². The van der Waals surface area contributed by atoms with Crippen molar-refractivity contribution in [3.05, 3.63) is 82.8 Å². The van der Waals surface area contributed by atoms with Gasteiger partial charge in [0.25, 0.3) is 0 Å². The van der Waals surface area contributed by atoms with E-state index >= 15 is 0 Å². The van der Waals surface area contributed by atoms with Crippen LogP contribution in [0.25, 0.3) is 16.6 Å². The van der Waals surface area contributed by atoms with Crippen LogP contribution >= 0.6 is 15.9 Å². The van der Waals surface area contributed by atoms with Crippen molar-refractivity contribution < 1.29 is 8.42 Å². The Bertz CT molecular complexity index is 1610. The van der Waals surface area contributed by atoms with E-state index in [1.807, 2.05) is 36.4 Å². The Hall–Kier alpha value is -3.30. The van der Waals surface area contributed by atoms with Crippen LogP contribution in [0.3, 0.4) is 0 Å². The summed E-state index contributed by atoms with van der Waals surface area (Å²) >= 11 is 3.34. The molecule has 0 radical (unpaired) electrons. The highest BCUT2D eigenvalue weighted by molar-refractivity contribution is 9.10. The topological polar surface area (TPSA) is 80.5 Å². The molecule has 2 aromatic heterocycles. The number of benzene rings is 3. The van der Waals surface area contributed by atoms with E-state index in [1.165, 1.54) is 10.1 Å². The third-order valence-electron chi connectivity index (χ3n) is 5.72. The van der Waals surface area contributed by atoms with Crippen molar-refractivity contribution in [1.82, 2.24) is 19.8 Å². The monoisotopic (exact) mass is 505 g/mol. The zero-order valence-corrected chi connectivity index (χ0v) is 19.1. The molecular weight excluding hydrogens is 490 g/mol. The van der Waals surface area contributed by atoms with Gasteiger partial charge in [-0.3, -0.25) is 0 Å². The minimum atomic E-state index is -3.90. The van der Waals surface area contributed by atoms with E-state index in [0.717, 1.165) is 34.0 Å². The number of hydrogen-bond donors (Lipinski definition) is 0. The Morgan fingerprint density at radius 1 is 0.906 bits per heavy atom. The normalized spacial score (nSPS) is 13.7. The van der Waals surface area contributed by atoms with Gasteiger partial charge in [0.1, 0.15) is 5.82 Å². The minimum Gasteiger partial charge on any atom is -0.325 e. The summed E-state index contributed by atoms with van der Waals surface area (Å²) in [6.07, 6.45) is 0.902. The molecule has 0 saturated heterocycles.